The van der Waals surface area contributed by atoms with Crippen LogP contribution in [0.3, 0.4) is 0 Å². The molecule has 0 unspecified atom stereocenters. The van der Waals surface area contributed by atoms with Crippen LogP contribution in [0.2, 0.25) is 0 Å². The number of nitrogens with one attached hydrogen (secondary N) is 3. The van der Waals surface area contributed by atoms with E-state index in [1.54, 1.807) is 36.4 Å². The van der Waals surface area contributed by atoms with Crippen molar-refractivity contribution in [3.05, 3.63) is 59.7 Å². The summed E-state index contributed by atoms with van der Waals surface area (Å²) in [6, 6.07) is 14.1. The molecule has 2 aromatic carbocycles. The molecule has 0 aliphatic carbocycles. The fourth-order valence-electron chi connectivity index (χ4n) is 2.21. The highest BCUT2D eigenvalue weighted by atomic mass is 32.1. The zero-order chi connectivity index (χ0) is 21.1. The predicted octanol–water partition coefficient (Wildman–Crippen LogP) is 2.89. The topological polar surface area (TPSA) is 88.7 Å². The van der Waals surface area contributed by atoms with Gasteiger partial charge in [-0.3, -0.25) is 25.8 Å². The Labute approximate surface area is 175 Å². The number of hydrogen-bond acceptors (Lipinski definition) is 5. The van der Waals surface area contributed by atoms with E-state index in [4.69, 9.17) is 21.7 Å². The third kappa shape index (κ3) is 8.18. The van der Waals surface area contributed by atoms with E-state index >= 15 is 0 Å². The Bertz CT molecular complexity index is 840. The van der Waals surface area contributed by atoms with Crippen molar-refractivity contribution in [3.63, 3.8) is 0 Å². The lowest BCUT2D eigenvalue weighted by atomic mass is 10.2. The lowest BCUT2D eigenvalue weighted by Crippen LogP contribution is -2.49. The first-order chi connectivity index (χ1) is 14.0. The van der Waals surface area contributed by atoms with E-state index in [1.807, 2.05) is 19.1 Å². The maximum atomic E-state index is 12.3. The van der Waals surface area contributed by atoms with Crippen molar-refractivity contribution in [1.29, 1.82) is 0 Å². The van der Waals surface area contributed by atoms with Gasteiger partial charge in [0.25, 0.3) is 11.8 Å². The number of unbranched alkanes of at least 4 members (excludes halogenated alkanes) is 1. The van der Waals surface area contributed by atoms with Gasteiger partial charge in [0, 0.05) is 5.56 Å². The molecule has 0 bridgehead atoms. The summed E-state index contributed by atoms with van der Waals surface area (Å²) in [4.78, 5) is 24.1. The summed E-state index contributed by atoms with van der Waals surface area (Å²) in [5.74, 6) is 0.358. The summed E-state index contributed by atoms with van der Waals surface area (Å²) in [5.41, 5.74) is 6.35. The van der Waals surface area contributed by atoms with Gasteiger partial charge in [-0.05, 0) is 55.9 Å². The van der Waals surface area contributed by atoms with Crippen molar-refractivity contribution in [1.82, 2.24) is 16.2 Å². The number of carbonyl (C=O) groups excluding carboxylic acids is 2. The normalized spacial score (nSPS) is 10.0. The molecule has 3 N–H and O–H groups in total. The zero-order valence-electron chi connectivity index (χ0n) is 16.5. The molecule has 0 saturated heterocycles. The minimum absolute atomic E-state index is 0.0315. The number of benzene rings is 2. The fraction of sp³-hybridized carbons (Fsp3) is 0.286. The van der Waals surface area contributed by atoms with E-state index in [1.165, 1.54) is 0 Å². The van der Waals surface area contributed by atoms with E-state index in [2.05, 4.69) is 23.1 Å². The van der Waals surface area contributed by atoms with Crippen LogP contribution >= 0.6 is 12.2 Å². The minimum Gasteiger partial charge on any atom is -0.494 e. The Balaban J connectivity index is 1.73. The monoisotopic (exact) mass is 415 g/mol. The molecule has 7 nitrogen and oxygen atoms in total. The lowest BCUT2D eigenvalue weighted by molar-refractivity contribution is -0.123. The molecule has 0 atom stereocenters. The Morgan fingerprint density at radius 1 is 1.00 bits per heavy atom. The molecule has 2 aromatic rings. The molecule has 154 valence electrons. The molecule has 0 aliphatic heterocycles. The van der Waals surface area contributed by atoms with Crippen LogP contribution in [0, 0.1) is 6.92 Å². The Hall–Kier alpha value is -3.13. The van der Waals surface area contributed by atoms with Crippen LogP contribution < -0.4 is 25.6 Å². The second-order valence-electron chi connectivity index (χ2n) is 6.29. The average molecular weight is 416 g/mol. The molecule has 2 rings (SSSR count). The molecule has 0 heterocycles. The summed E-state index contributed by atoms with van der Waals surface area (Å²) in [5, 5.41) is 2.46. The quantitative estimate of drug-likeness (QED) is 0.349. The van der Waals surface area contributed by atoms with Crippen LogP contribution in [-0.4, -0.2) is 30.1 Å². The number of aryl methyl sites for hydroxylation is 1. The van der Waals surface area contributed by atoms with Crippen LogP contribution in [-0.2, 0) is 4.79 Å². The van der Waals surface area contributed by atoms with Crippen LogP contribution in [0.15, 0.2) is 48.5 Å². The van der Waals surface area contributed by atoms with Gasteiger partial charge in [0.15, 0.2) is 11.7 Å². The molecule has 0 aliphatic rings. The van der Waals surface area contributed by atoms with Crippen molar-refractivity contribution < 1.29 is 19.1 Å². The van der Waals surface area contributed by atoms with Crippen molar-refractivity contribution >= 4 is 29.1 Å². The number of carbonyl (C=O) groups is 2. The average Bonchev–Trinajstić information content (AvgIpc) is 2.72. The van der Waals surface area contributed by atoms with Gasteiger partial charge in [-0.25, -0.2) is 0 Å². The maximum absolute atomic E-state index is 12.3. The van der Waals surface area contributed by atoms with Crippen molar-refractivity contribution in [3.8, 4) is 11.5 Å². The zero-order valence-corrected chi connectivity index (χ0v) is 17.3. The number of hydrogen-bond donors (Lipinski definition) is 3. The van der Waals surface area contributed by atoms with E-state index in [0.29, 0.717) is 23.7 Å². The molecule has 0 saturated carbocycles. The molecule has 8 heteroatoms. The van der Waals surface area contributed by atoms with Crippen LogP contribution in [0.5, 0.6) is 11.5 Å². The maximum Gasteiger partial charge on any atom is 0.276 e. The van der Waals surface area contributed by atoms with Gasteiger partial charge in [0.05, 0.1) is 6.61 Å². The number of amides is 2. The molecular formula is C21H25N3O4S. The third-order valence-electron chi connectivity index (χ3n) is 3.80. The van der Waals surface area contributed by atoms with Crippen molar-refractivity contribution in [2.45, 2.75) is 26.7 Å². The lowest BCUT2D eigenvalue weighted by Gasteiger charge is -2.12. The van der Waals surface area contributed by atoms with Gasteiger partial charge in [0.2, 0.25) is 0 Å². The molecular weight excluding hydrogens is 390 g/mol. The van der Waals surface area contributed by atoms with Gasteiger partial charge in [0.1, 0.15) is 11.5 Å². The summed E-state index contributed by atoms with van der Waals surface area (Å²) >= 11 is 5.03. The van der Waals surface area contributed by atoms with E-state index in [0.717, 1.165) is 18.4 Å². The predicted molar refractivity (Wildman–Crippen MR) is 115 cm³/mol. The minimum atomic E-state index is -0.437. The van der Waals surface area contributed by atoms with Gasteiger partial charge in [-0.1, -0.05) is 37.1 Å². The molecule has 0 aromatic heterocycles. The van der Waals surface area contributed by atoms with Crippen molar-refractivity contribution in [2.24, 2.45) is 0 Å². The summed E-state index contributed by atoms with van der Waals surface area (Å²) in [6.07, 6.45) is 1.97. The second kappa shape index (κ2) is 11.7. The standard InChI is InChI=1S/C21H25N3O4S/c1-3-4-12-27-18-7-5-6-16(13-18)20(26)22-21(29)24-23-19(25)14-28-17-10-8-15(2)9-11-17/h5-11,13H,3-4,12,14H2,1-2H3,(H,23,25)(H2,22,24,26,29). The van der Waals surface area contributed by atoms with Gasteiger partial charge >= 0.3 is 0 Å². The van der Waals surface area contributed by atoms with E-state index in [-0.39, 0.29) is 11.7 Å². The Morgan fingerprint density at radius 3 is 2.48 bits per heavy atom. The first-order valence-electron chi connectivity index (χ1n) is 9.30. The fourth-order valence-corrected chi connectivity index (χ4v) is 2.36. The molecule has 0 fully saturated rings. The van der Waals surface area contributed by atoms with Gasteiger partial charge in [-0.15, -0.1) is 0 Å². The first-order valence-corrected chi connectivity index (χ1v) is 9.71. The number of hydrazine groups is 1. The number of thiocarbonyl (C=S) groups is 1. The SMILES string of the molecule is CCCCOc1cccc(C(=O)NC(=S)NNC(=O)COc2ccc(C)cc2)c1. The molecule has 29 heavy (non-hydrogen) atoms. The highest BCUT2D eigenvalue weighted by Crippen LogP contribution is 2.14. The molecule has 0 radical (unpaired) electrons. The number of rotatable bonds is 8. The second-order valence-corrected chi connectivity index (χ2v) is 6.70. The van der Waals surface area contributed by atoms with Crippen LogP contribution in [0.4, 0.5) is 0 Å². The first kappa shape index (κ1) is 22.2. The Kier molecular flexibility index (Phi) is 8.91. The summed E-state index contributed by atoms with van der Waals surface area (Å²) in [6.45, 7) is 4.45. The van der Waals surface area contributed by atoms with Crippen molar-refractivity contribution in [2.75, 3.05) is 13.2 Å². The smallest absolute Gasteiger partial charge is 0.276 e. The largest absolute Gasteiger partial charge is 0.494 e. The highest BCUT2D eigenvalue weighted by Gasteiger charge is 2.10. The third-order valence-corrected chi connectivity index (χ3v) is 4.00. The van der Waals surface area contributed by atoms with Crippen LogP contribution in [0.25, 0.3) is 0 Å². The summed E-state index contributed by atoms with van der Waals surface area (Å²) < 4.78 is 11.0. The molecule has 0 spiro atoms. The van der Waals surface area contributed by atoms with Gasteiger partial charge in [-0.2, -0.15) is 0 Å². The summed E-state index contributed by atoms with van der Waals surface area (Å²) in [7, 11) is 0. The van der Waals surface area contributed by atoms with E-state index in [9.17, 15) is 9.59 Å². The highest BCUT2D eigenvalue weighted by molar-refractivity contribution is 7.80. The van der Waals surface area contributed by atoms with Crippen LogP contribution in [0.1, 0.15) is 35.7 Å². The Morgan fingerprint density at radius 2 is 1.76 bits per heavy atom. The van der Waals surface area contributed by atoms with E-state index < -0.39 is 11.8 Å². The molecule has 2 amide bonds. The van der Waals surface area contributed by atoms with Gasteiger partial charge < -0.3 is 9.47 Å². The number of ether oxygens (including phenoxy) is 2.